The molecule has 0 spiro atoms. The van der Waals surface area contributed by atoms with E-state index in [1.54, 1.807) is 4.90 Å². The molecule has 0 bridgehead atoms. The molecule has 6 nitrogen and oxygen atoms in total. The number of fused-ring (bicyclic) bond motifs is 1. The van der Waals surface area contributed by atoms with E-state index in [-0.39, 0.29) is 6.09 Å². The molecule has 0 unspecified atom stereocenters. The summed E-state index contributed by atoms with van der Waals surface area (Å²) < 4.78 is 5.48. The van der Waals surface area contributed by atoms with Crippen molar-refractivity contribution in [2.45, 2.75) is 32.8 Å². The molecule has 0 atom stereocenters. The zero-order valence-electron chi connectivity index (χ0n) is 17.4. The van der Waals surface area contributed by atoms with Gasteiger partial charge in [-0.3, -0.25) is 0 Å². The number of carbonyl (C=O) groups excluding carboxylic acids is 1. The van der Waals surface area contributed by atoms with Gasteiger partial charge in [-0.1, -0.05) is 18.2 Å². The van der Waals surface area contributed by atoms with Crippen LogP contribution in [0.2, 0.25) is 0 Å². The van der Waals surface area contributed by atoms with Crippen LogP contribution < -0.4 is 0 Å². The van der Waals surface area contributed by atoms with Gasteiger partial charge >= 0.3 is 6.09 Å². The molecule has 0 aliphatic carbocycles. The molecule has 6 heteroatoms. The third-order valence-electron chi connectivity index (χ3n) is 5.09. The number of rotatable bonds is 2. The molecule has 1 aliphatic heterocycles. The molecule has 0 radical (unpaired) electrons. The number of nitrogens with one attached hydrogen (secondary N) is 1. The van der Waals surface area contributed by atoms with Crippen LogP contribution in [0.3, 0.4) is 0 Å². The van der Waals surface area contributed by atoms with Gasteiger partial charge in [-0.2, -0.15) is 5.26 Å². The Hall–Kier alpha value is -3.59. The molecule has 30 heavy (non-hydrogen) atoms. The zero-order chi connectivity index (χ0) is 21.3. The van der Waals surface area contributed by atoms with E-state index in [2.05, 4.69) is 28.2 Å². The Morgan fingerprint density at radius 3 is 2.63 bits per heavy atom. The van der Waals surface area contributed by atoms with E-state index >= 15 is 0 Å². The quantitative estimate of drug-likeness (QED) is 0.647. The molecule has 3 heterocycles. The van der Waals surface area contributed by atoms with Crippen molar-refractivity contribution in [3.8, 4) is 17.2 Å². The highest BCUT2D eigenvalue weighted by molar-refractivity contribution is 5.93. The predicted molar refractivity (Wildman–Crippen MR) is 117 cm³/mol. The lowest BCUT2D eigenvalue weighted by Crippen LogP contribution is -2.39. The van der Waals surface area contributed by atoms with Gasteiger partial charge in [-0.15, -0.1) is 0 Å². The normalized spacial score (nSPS) is 14.3. The summed E-state index contributed by atoms with van der Waals surface area (Å²) in [6.07, 6.45) is 6.39. The maximum absolute atomic E-state index is 12.3. The maximum atomic E-state index is 12.3. The summed E-state index contributed by atoms with van der Waals surface area (Å²) in [7, 11) is 0. The predicted octanol–water partition coefficient (Wildman–Crippen LogP) is 5.13. The van der Waals surface area contributed by atoms with E-state index in [1.807, 2.05) is 57.4 Å². The number of H-pyrrole nitrogens is 1. The SMILES string of the molecule is CC(C)(C)OC(=O)N1CC=C(c2c[nH]c3ncc(-c4ccc(C#N)cc4)cc23)CC1. The van der Waals surface area contributed by atoms with E-state index in [0.717, 1.165) is 34.1 Å². The highest BCUT2D eigenvalue weighted by Gasteiger charge is 2.24. The van der Waals surface area contributed by atoms with Crippen molar-refractivity contribution in [2.24, 2.45) is 0 Å². The van der Waals surface area contributed by atoms with Crippen molar-refractivity contribution in [2.75, 3.05) is 13.1 Å². The summed E-state index contributed by atoms with van der Waals surface area (Å²) in [6, 6.07) is 11.8. The fourth-order valence-electron chi connectivity index (χ4n) is 3.57. The van der Waals surface area contributed by atoms with Crippen LogP contribution in [0.15, 0.2) is 48.8 Å². The summed E-state index contributed by atoms with van der Waals surface area (Å²) in [5, 5.41) is 10.0. The fraction of sp³-hybridized carbons (Fsp3) is 0.292. The lowest BCUT2D eigenvalue weighted by molar-refractivity contribution is 0.0270. The molecule has 0 fully saturated rings. The number of aromatic nitrogens is 2. The molecule has 0 saturated heterocycles. The maximum Gasteiger partial charge on any atom is 0.410 e. The topological polar surface area (TPSA) is 82.0 Å². The Labute approximate surface area is 175 Å². The number of pyridine rings is 1. The summed E-state index contributed by atoms with van der Waals surface area (Å²) >= 11 is 0. The van der Waals surface area contributed by atoms with Gasteiger partial charge in [0.15, 0.2) is 0 Å². The molecule has 3 aromatic rings. The van der Waals surface area contributed by atoms with Crippen molar-refractivity contribution >= 4 is 22.7 Å². The Bertz CT molecular complexity index is 1160. The Morgan fingerprint density at radius 1 is 1.23 bits per heavy atom. The fourth-order valence-corrected chi connectivity index (χ4v) is 3.57. The van der Waals surface area contributed by atoms with Crippen LogP contribution in [0.4, 0.5) is 4.79 Å². The van der Waals surface area contributed by atoms with Crippen LogP contribution in [-0.2, 0) is 4.74 Å². The second-order valence-corrected chi connectivity index (χ2v) is 8.42. The third-order valence-corrected chi connectivity index (χ3v) is 5.09. The van der Waals surface area contributed by atoms with Crippen LogP contribution in [-0.4, -0.2) is 39.7 Å². The average Bonchev–Trinajstić information content (AvgIpc) is 3.16. The molecule has 0 saturated carbocycles. The molecule has 152 valence electrons. The number of nitriles is 1. The lowest BCUT2D eigenvalue weighted by Gasteiger charge is -2.29. The molecular weight excluding hydrogens is 376 g/mol. The highest BCUT2D eigenvalue weighted by Crippen LogP contribution is 2.31. The standard InChI is InChI=1S/C24H24N4O2/c1-24(2,3)30-23(29)28-10-8-18(9-11-28)21-15-27-22-20(21)12-19(14-26-22)17-6-4-16(13-25)5-7-17/h4-8,12,14-15H,9-11H2,1-3H3,(H,26,27). The summed E-state index contributed by atoms with van der Waals surface area (Å²) in [4.78, 5) is 21.8. The minimum Gasteiger partial charge on any atom is -0.444 e. The first-order valence-electron chi connectivity index (χ1n) is 9.99. The van der Waals surface area contributed by atoms with Crippen molar-refractivity contribution in [3.63, 3.8) is 0 Å². The van der Waals surface area contributed by atoms with E-state index in [0.29, 0.717) is 18.7 Å². The monoisotopic (exact) mass is 400 g/mol. The molecular formula is C24H24N4O2. The first-order chi connectivity index (χ1) is 14.3. The van der Waals surface area contributed by atoms with Crippen molar-refractivity contribution in [3.05, 3.63) is 59.9 Å². The van der Waals surface area contributed by atoms with E-state index < -0.39 is 5.60 Å². The zero-order valence-corrected chi connectivity index (χ0v) is 17.4. The second-order valence-electron chi connectivity index (χ2n) is 8.42. The first-order valence-corrected chi connectivity index (χ1v) is 9.99. The lowest BCUT2D eigenvalue weighted by atomic mass is 9.98. The molecule has 2 aromatic heterocycles. The van der Waals surface area contributed by atoms with Crippen LogP contribution in [0.1, 0.15) is 38.3 Å². The Morgan fingerprint density at radius 2 is 2.00 bits per heavy atom. The molecule has 1 aliphatic rings. The second kappa shape index (κ2) is 7.68. The molecule has 4 rings (SSSR count). The van der Waals surface area contributed by atoms with Crippen LogP contribution in [0.5, 0.6) is 0 Å². The van der Waals surface area contributed by atoms with E-state index in [9.17, 15) is 4.79 Å². The number of hydrogen-bond acceptors (Lipinski definition) is 4. The van der Waals surface area contributed by atoms with Gasteiger partial charge in [-0.25, -0.2) is 9.78 Å². The number of hydrogen-bond donors (Lipinski definition) is 1. The number of nitrogens with zero attached hydrogens (tertiary/aromatic N) is 3. The number of amides is 1. The average molecular weight is 400 g/mol. The van der Waals surface area contributed by atoms with Crippen molar-refractivity contribution in [1.29, 1.82) is 5.26 Å². The van der Waals surface area contributed by atoms with Gasteiger partial charge in [0, 0.05) is 42.0 Å². The summed E-state index contributed by atoms with van der Waals surface area (Å²) in [5.74, 6) is 0. The van der Waals surface area contributed by atoms with Gasteiger partial charge < -0.3 is 14.6 Å². The van der Waals surface area contributed by atoms with Gasteiger partial charge in [0.05, 0.1) is 11.6 Å². The smallest absolute Gasteiger partial charge is 0.410 e. The molecule has 1 amide bonds. The Kier molecular flexibility index (Phi) is 5.04. The van der Waals surface area contributed by atoms with Gasteiger partial charge in [0.2, 0.25) is 0 Å². The van der Waals surface area contributed by atoms with Crippen molar-refractivity contribution < 1.29 is 9.53 Å². The van der Waals surface area contributed by atoms with E-state index in [4.69, 9.17) is 10.00 Å². The number of aromatic amines is 1. The van der Waals surface area contributed by atoms with Crippen LogP contribution >= 0.6 is 0 Å². The number of benzene rings is 1. The largest absolute Gasteiger partial charge is 0.444 e. The van der Waals surface area contributed by atoms with Crippen LogP contribution in [0, 0.1) is 11.3 Å². The van der Waals surface area contributed by atoms with Crippen LogP contribution in [0.25, 0.3) is 27.7 Å². The van der Waals surface area contributed by atoms with Crippen molar-refractivity contribution in [1.82, 2.24) is 14.9 Å². The number of ether oxygens (including phenoxy) is 1. The molecule has 1 N–H and O–H groups in total. The van der Waals surface area contributed by atoms with E-state index in [1.165, 1.54) is 5.57 Å². The van der Waals surface area contributed by atoms with Gasteiger partial charge in [-0.05, 0) is 56.5 Å². The van der Waals surface area contributed by atoms with Gasteiger partial charge in [0.25, 0.3) is 0 Å². The minimum atomic E-state index is -0.495. The Balaban J connectivity index is 1.59. The summed E-state index contributed by atoms with van der Waals surface area (Å²) in [6.45, 7) is 6.78. The number of carbonyl (C=O) groups is 1. The summed E-state index contributed by atoms with van der Waals surface area (Å²) in [5.41, 5.74) is 5.29. The minimum absolute atomic E-state index is 0.276. The van der Waals surface area contributed by atoms with Gasteiger partial charge in [0.1, 0.15) is 11.2 Å². The third kappa shape index (κ3) is 4.06. The highest BCUT2D eigenvalue weighted by atomic mass is 16.6. The first kappa shape index (κ1) is 19.7. The molecule has 1 aromatic carbocycles.